The highest BCUT2D eigenvalue weighted by atomic mass is 19.1. The van der Waals surface area contributed by atoms with Gasteiger partial charge in [-0.15, -0.1) is 0 Å². The lowest BCUT2D eigenvalue weighted by Gasteiger charge is -2.43. The molecule has 2 aromatic carbocycles. The molecule has 0 radical (unpaired) electrons. The third kappa shape index (κ3) is 4.80. The minimum Gasteiger partial charge on any atom is -0.490 e. The highest BCUT2D eigenvalue weighted by molar-refractivity contribution is 5.97. The molecule has 1 saturated heterocycles. The van der Waals surface area contributed by atoms with Gasteiger partial charge in [0.25, 0.3) is 5.91 Å². The molecule has 1 amide bonds. The van der Waals surface area contributed by atoms with E-state index in [0.29, 0.717) is 28.3 Å². The number of alkyl halides is 3. The van der Waals surface area contributed by atoms with Crippen LogP contribution in [-0.4, -0.2) is 54.7 Å². The van der Waals surface area contributed by atoms with Gasteiger partial charge in [0.1, 0.15) is 43.0 Å². The number of ether oxygens (including phenoxy) is 2. The lowest BCUT2D eigenvalue weighted by molar-refractivity contribution is -0.0197. The zero-order valence-corrected chi connectivity index (χ0v) is 22.9. The number of likely N-dealkylation sites (tertiary alicyclic amines) is 1. The van der Waals surface area contributed by atoms with E-state index in [9.17, 15) is 18.0 Å². The Balaban J connectivity index is 1.33. The van der Waals surface area contributed by atoms with E-state index in [1.54, 1.807) is 19.1 Å². The molecule has 42 heavy (non-hydrogen) atoms. The maximum absolute atomic E-state index is 15.8. The van der Waals surface area contributed by atoms with Gasteiger partial charge in [0.15, 0.2) is 6.30 Å². The number of benzene rings is 2. The number of pyridine rings is 1. The van der Waals surface area contributed by atoms with Gasteiger partial charge >= 0.3 is 0 Å². The van der Waals surface area contributed by atoms with Crippen molar-refractivity contribution in [3.63, 3.8) is 0 Å². The summed E-state index contributed by atoms with van der Waals surface area (Å²) in [6.07, 6.45) is 1.62. The molecule has 1 aromatic heterocycles. The predicted molar refractivity (Wildman–Crippen MR) is 150 cm³/mol. The van der Waals surface area contributed by atoms with Crippen LogP contribution in [0.5, 0.6) is 11.5 Å². The van der Waals surface area contributed by atoms with Crippen LogP contribution in [0.25, 0.3) is 17.3 Å². The summed E-state index contributed by atoms with van der Waals surface area (Å²) in [6, 6.07) is 9.91. The van der Waals surface area contributed by atoms with Crippen LogP contribution in [0.15, 0.2) is 48.2 Å². The second-order valence-electron chi connectivity index (χ2n) is 11.2. The number of nitrogens with two attached hydrogens (primary N) is 2. The third-order valence-corrected chi connectivity index (χ3v) is 7.97. The van der Waals surface area contributed by atoms with Gasteiger partial charge in [0, 0.05) is 34.5 Å². The molecule has 2 atom stereocenters. The summed E-state index contributed by atoms with van der Waals surface area (Å²) < 4.78 is 69.4. The number of fused-ring (bicyclic) bond motifs is 1. The summed E-state index contributed by atoms with van der Waals surface area (Å²) in [5.41, 5.74) is 13.2. The average molecular weight is 583 g/mol. The number of allylic oxidation sites excluding steroid dienone is 1. The van der Waals surface area contributed by atoms with Crippen molar-refractivity contribution in [2.75, 3.05) is 32.2 Å². The number of halogens is 4. The minimum atomic E-state index is -1.77. The summed E-state index contributed by atoms with van der Waals surface area (Å²) in [7, 11) is 0. The van der Waals surface area contributed by atoms with Crippen molar-refractivity contribution in [3.05, 3.63) is 76.4 Å². The van der Waals surface area contributed by atoms with Crippen LogP contribution in [0.4, 0.5) is 23.2 Å². The lowest BCUT2D eigenvalue weighted by atomic mass is 9.82. The van der Waals surface area contributed by atoms with Gasteiger partial charge < -0.3 is 25.8 Å². The lowest BCUT2D eigenvalue weighted by Crippen LogP contribution is -2.55. The van der Waals surface area contributed by atoms with Crippen molar-refractivity contribution in [2.24, 2.45) is 5.73 Å². The number of rotatable bonds is 8. The Kier molecular flexibility index (Phi) is 6.98. The molecule has 2 unspecified atom stereocenters. The van der Waals surface area contributed by atoms with Crippen molar-refractivity contribution < 1.29 is 31.8 Å². The van der Waals surface area contributed by atoms with Crippen molar-refractivity contribution in [1.29, 1.82) is 0 Å². The molecule has 6 rings (SSSR count). The molecule has 220 valence electrons. The Morgan fingerprint density at radius 1 is 1.19 bits per heavy atom. The fourth-order valence-electron chi connectivity index (χ4n) is 5.30. The topological polar surface area (TPSA) is 104 Å². The summed E-state index contributed by atoms with van der Waals surface area (Å²) in [5, 5.41) is 0. The number of amides is 1. The van der Waals surface area contributed by atoms with Crippen LogP contribution in [0, 0.1) is 5.82 Å². The van der Waals surface area contributed by atoms with Crippen molar-refractivity contribution in [2.45, 2.75) is 43.5 Å². The molecule has 4 N–H and O–H groups in total. The number of carbonyl (C=O) groups excluding carboxylic acids is 1. The summed E-state index contributed by atoms with van der Waals surface area (Å²) >= 11 is 0. The van der Waals surface area contributed by atoms with E-state index in [2.05, 4.69) is 4.98 Å². The second-order valence-corrected chi connectivity index (χ2v) is 11.2. The number of nitrogens with zero attached hydrogens (tertiary/aromatic N) is 2. The van der Waals surface area contributed by atoms with Crippen molar-refractivity contribution in [1.82, 2.24) is 9.88 Å². The Labute approximate surface area is 240 Å². The van der Waals surface area contributed by atoms with Gasteiger partial charge in [-0.1, -0.05) is 0 Å². The molecule has 1 aliphatic carbocycles. The summed E-state index contributed by atoms with van der Waals surface area (Å²) in [4.78, 5) is 19.1. The van der Waals surface area contributed by atoms with Crippen molar-refractivity contribution >= 4 is 17.7 Å². The fraction of sp³-hybridized carbons (Fsp3) is 0.355. The van der Waals surface area contributed by atoms with Crippen LogP contribution >= 0.6 is 0 Å². The SMILES string of the molecule is C/C(N)=C/c1cc(C(=O)N2CC(c3cc4c(c(-c5ccc(F)cc5)n3)OCC4(CF)CF)C2F)cc(OC2CC2)c1N. The predicted octanol–water partition coefficient (Wildman–Crippen LogP) is 5.44. The fourth-order valence-corrected chi connectivity index (χ4v) is 5.30. The Hall–Kier alpha value is -4.28. The standard InChI is InChI=1S/C31H30F4N4O3/c1-16(36)8-18-9-19(10-25(26(18)37)42-21-6-7-21)30(40)39-12-22(29(39)35)24-11-23-28(41-15-31(23,13-32)14-33)27(38-24)17-2-4-20(34)5-3-17/h2-5,8-11,21-22,29H,6-7,12-15,36-37H2,1H3/b16-8-. The molecule has 3 heterocycles. The molecule has 0 bridgehead atoms. The molecule has 1 saturated carbocycles. The number of carbonyl (C=O) groups is 1. The monoisotopic (exact) mass is 582 g/mol. The molecule has 3 aliphatic rings. The van der Waals surface area contributed by atoms with Crippen LogP contribution in [0.2, 0.25) is 0 Å². The van der Waals surface area contributed by atoms with E-state index in [1.165, 1.54) is 36.4 Å². The Bertz CT molecular complexity index is 1570. The maximum atomic E-state index is 15.8. The molecule has 2 aliphatic heterocycles. The molecule has 0 spiro atoms. The third-order valence-electron chi connectivity index (χ3n) is 7.97. The van der Waals surface area contributed by atoms with E-state index >= 15 is 4.39 Å². The van der Waals surface area contributed by atoms with Crippen LogP contribution in [-0.2, 0) is 5.41 Å². The highest BCUT2D eigenvalue weighted by Gasteiger charge is 2.48. The first-order valence-corrected chi connectivity index (χ1v) is 13.7. The molecule has 11 heteroatoms. The second kappa shape index (κ2) is 10.5. The smallest absolute Gasteiger partial charge is 0.256 e. The minimum absolute atomic E-state index is 0.0155. The van der Waals surface area contributed by atoms with E-state index in [0.717, 1.165) is 17.7 Å². The van der Waals surface area contributed by atoms with Crippen molar-refractivity contribution in [3.8, 4) is 22.8 Å². The number of aromatic nitrogens is 1. The maximum Gasteiger partial charge on any atom is 0.256 e. The van der Waals surface area contributed by atoms with Gasteiger partial charge in [0.05, 0.1) is 28.8 Å². The summed E-state index contributed by atoms with van der Waals surface area (Å²) in [5.74, 6) is -1.39. The van der Waals surface area contributed by atoms with Gasteiger partial charge in [-0.2, -0.15) is 0 Å². The number of nitrogen functional groups attached to an aromatic ring is 1. The van der Waals surface area contributed by atoms with Crippen LogP contribution in [0.3, 0.4) is 0 Å². The summed E-state index contributed by atoms with van der Waals surface area (Å²) in [6.45, 7) is -0.651. The first-order chi connectivity index (χ1) is 20.1. The van der Waals surface area contributed by atoms with E-state index < -0.39 is 42.7 Å². The Morgan fingerprint density at radius 2 is 1.90 bits per heavy atom. The zero-order chi connectivity index (χ0) is 29.8. The molecule has 3 aromatic rings. The van der Waals surface area contributed by atoms with Crippen LogP contribution < -0.4 is 20.9 Å². The highest BCUT2D eigenvalue weighted by Crippen LogP contribution is 2.48. The Morgan fingerprint density at radius 3 is 2.52 bits per heavy atom. The van der Waals surface area contributed by atoms with Gasteiger partial charge in [0.2, 0.25) is 0 Å². The first-order valence-electron chi connectivity index (χ1n) is 13.7. The van der Waals surface area contributed by atoms with E-state index in [4.69, 9.17) is 20.9 Å². The molecule has 2 fully saturated rings. The average Bonchev–Trinajstić information content (AvgIpc) is 3.72. The largest absolute Gasteiger partial charge is 0.490 e. The number of hydrogen-bond acceptors (Lipinski definition) is 6. The normalized spacial score (nSPS) is 21.0. The number of hydrogen-bond donors (Lipinski definition) is 2. The molecular weight excluding hydrogens is 552 g/mol. The molecule has 7 nitrogen and oxygen atoms in total. The number of anilines is 1. The quantitative estimate of drug-likeness (QED) is 0.209. The van der Waals surface area contributed by atoms with Crippen LogP contribution in [0.1, 0.15) is 52.9 Å². The van der Waals surface area contributed by atoms with Gasteiger partial charge in [-0.05, 0) is 68.3 Å². The first kappa shape index (κ1) is 27.9. The van der Waals surface area contributed by atoms with E-state index in [-0.39, 0.29) is 47.5 Å². The zero-order valence-electron chi connectivity index (χ0n) is 22.9. The van der Waals surface area contributed by atoms with Gasteiger partial charge in [-0.3, -0.25) is 4.79 Å². The van der Waals surface area contributed by atoms with Gasteiger partial charge in [-0.25, -0.2) is 22.5 Å². The van der Waals surface area contributed by atoms with E-state index in [1.807, 2.05) is 0 Å². The molecular formula is C31H30F4N4O3.